The molecule has 0 bridgehead atoms. The monoisotopic (exact) mass is 446 g/mol. The minimum atomic E-state index is 0.197. The molecule has 172 valence electrons. The van der Waals surface area contributed by atoms with Gasteiger partial charge in [-0.15, -0.1) is 0 Å². The maximum Gasteiger partial charge on any atom is 0.223 e. The lowest BCUT2D eigenvalue weighted by atomic mass is 10.1. The number of piperazine rings is 1. The number of methoxy groups -OCH3 is 1. The summed E-state index contributed by atoms with van der Waals surface area (Å²) in [7, 11) is 1.65. The van der Waals surface area contributed by atoms with Crippen molar-refractivity contribution in [2.45, 2.75) is 19.8 Å². The van der Waals surface area contributed by atoms with Crippen LogP contribution >= 0.6 is 0 Å². The van der Waals surface area contributed by atoms with Gasteiger partial charge < -0.3 is 19.3 Å². The zero-order chi connectivity index (χ0) is 23.0. The first-order valence-electron chi connectivity index (χ1n) is 11.4. The number of amides is 1. The molecule has 4 rings (SSSR count). The van der Waals surface area contributed by atoms with Crippen molar-refractivity contribution in [1.29, 1.82) is 0 Å². The van der Waals surface area contributed by atoms with Gasteiger partial charge in [-0.3, -0.25) is 4.79 Å². The molecule has 0 atom stereocenters. The molecule has 0 N–H and O–H groups in total. The molecule has 0 saturated carbocycles. The fraction of sp³-hybridized carbons (Fsp3) is 0.346. The highest BCUT2D eigenvalue weighted by Gasteiger charge is 2.22. The Bertz CT molecular complexity index is 1050. The summed E-state index contributed by atoms with van der Waals surface area (Å²) < 4.78 is 10.7. The Balaban J connectivity index is 1.31. The van der Waals surface area contributed by atoms with Crippen LogP contribution in [-0.2, 0) is 11.2 Å². The Labute approximate surface area is 195 Å². The first-order chi connectivity index (χ1) is 16.2. The Morgan fingerprint density at radius 1 is 0.939 bits per heavy atom. The number of rotatable bonds is 8. The van der Waals surface area contributed by atoms with Gasteiger partial charge in [-0.25, -0.2) is 9.97 Å². The third kappa shape index (κ3) is 5.80. The number of benzene rings is 2. The van der Waals surface area contributed by atoms with Gasteiger partial charge >= 0.3 is 0 Å². The molecule has 0 unspecified atom stereocenters. The second-order valence-electron chi connectivity index (χ2n) is 7.93. The lowest BCUT2D eigenvalue weighted by Crippen LogP contribution is -2.49. The number of aryl methyl sites for hydroxylation is 1. The van der Waals surface area contributed by atoms with Crippen LogP contribution < -0.4 is 14.4 Å². The third-order valence-electron chi connectivity index (χ3n) is 5.86. The number of anilines is 1. The van der Waals surface area contributed by atoms with Gasteiger partial charge in [0.1, 0.15) is 23.6 Å². The number of carbonyl (C=O) groups is 1. The van der Waals surface area contributed by atoms with E-state index in [-0.39, 0.29) is 5.91 Å². The smallest absolute Gasteiger partial charge is 0.223 e. The van der Waals surface area contributed by atoms with Crippen LogP contribution in [0.3, 0.4) is 0 Å². The first kappa shape index (κ1) is 22.6. The molecule has 1 aliphatic rings. The van der Waals surface area contributed by atoms with Crippen LogP contribution in [0.5, 0.6) is 11.5 Å². The number of nitrogens with zero attached hydrogens (tertiary/aromatic N) is 4. The van der Waals surface area contributed by atoms with E-state index < -0.39 is 0 Å². The van der Waals surface area contributed by atoms with Crippen molar-refractivity contribution in [1.82, 2.24) is 14.9 Å². The SMILES string of the molecule is CCOc1ccc(-c2cc(N3CCN(C(=O)CCc4ccc(OC)cc4)CC3)ncn2)cc1. The fourth-order valence-electron chi connectivity index (χ4n) is 3.95. The summed E-state index contributed by atoms with van der Waals surface area (Å²) in [6.07, 6.45) is 2.86. The van der Waals surface area contributed by atoms with Gasteiger partial charge in [-0.05, 0) is 55.3 Å². The fourth-order valence-corrected chi connectivity index (χ4v) is 3.95. The van der Waals surface area contributed by atoms with Crippen molar-refractivity contribution in [2.24, 2.45) is 0 Å². The molecule has 1 aliphatic heterocycles. The minimum Gasteiger partial charge on any atom is -0.497 e. The van der Waals surface area contributed by atoms with E-state index in [0.717, 1.165) is 53.6 Å². The van der Waals surface area contributed by atoms with Gasteiger partial charge in [0.25, 0.3) is 0 Å². The van der Waals surface area contributed by atoms with Gasteiger partial charge in [0, 0.05) is 44.2 Å². The van der Waals surface area contributed by atoms with Crippen LogP contribution in [0.25, 0.3) is 11.3 Å². The first-order valence-corrected chi connectivity index (χ1v) is 11.4. The van der Waals surface area contributed by atoms with Gasteiger partial charge in [0.05, 0.1) is 19.4 Å². The summed E-state index contributed by atoms with van der Waals surface area (Å²) >= 11 is 0. The van der Waals surface area contributed by atoms with Gasteiger partial charge in [-0.2, -0.15) is 0 Å². The van der Waals surface area contributed by atoms with E-state index in [1.165, 1.54) is 0 Å². The van der Waals surface area contributed by atoms with E-state index in [2.05, 4.69) is 14.9 Å². The number of hydrogen-bond acceptors (Lipinski definition) is 6. The van der Waals surface area contributed by atoms with Crippen molar-refractivity contribution in [2.75, 3.05) is 44.8 Å². The molecule has 2 heterocycles. The standard InChI is InChI=1S/C26H30N4O3/c1-3-33-23-11-7-21(8-12-23)24-18-25(28-19-27-24)29-14-16-30(17-15-29)26(31)13-6-20-4-9-22(32-2)10-5-20/h4-5,7-12,18-19H,3,6,13-17H2,1-2H3. The van der Waals surface area contributed by atoms with Crippen LogP contribution in [-0.4, -0.2) is 60.7 Å². The molecule has 2 aromatic carbocycles. The summed E-state index contributed by atoms with van der Waals surface area (Å²) in [5.74, 6) is 2.77. The predicted octanol–water partition coefficient (Wildman–Crippen LogP) is 3.83. The maximum absolute atomic E-state index is 12.7. The molecule has 33 heavy (non-hydrogen) atoms. The molecule has 0 spiro atoms. The second-order valence-corrected chi connectivity index (χ2v) is 7.93. The summed E-state index contributed by atoms with van der Waals surface area (Å²) in [4.78, 5) is 25.8. The molecule has 0 aliphatic carbocycles. The van der Waals surface area contributed by atoms with E-state index in [4.69, 9.17) is 9.47 Å². The predicted molar refractivity (Wildman–Crippen MR) is 129 cm³/mol. The number of ether oxygens (including phenoxy) is 2. The largest absolute Gasteiger partial charge is 0.497 e. The Kier molecular flexibility index (Phi) is 7.40. The molecule has 1 saturated heterocycles. The van der Waals surface area contributed by atoms with E-state index in [1.54, 1.807) is 13.4 Å². The molecular formula is C26H30N4O3. The van der Waals surface area contributed by atoms with Crippen molar-refractivity contribution >= 4 is 11.7 Å². The zero-order valence-corrected chi connectivity index (χ0v) is 19.2. The molecule has 7 nitrogen and oxygen atoms in total. The average Bonchev–Trinajstić information content (AvgIpc) is 2.88. The Morgan fingerprint density at radius 3 is 2.30 bits per heavy atom. The van der Waals surface area contributed by atoms with E-state index >= 15 is 0 Å². The summed E-state index contributed by atoms with van der Waals surface area (Å²) in [5.41, 5.74) is 3.04. The van der Waals surface area contributed by atoms with Gasteiger partial charge in [0.15, 0.2) is 0 Å². The van der Waals surface area contributed by atoms with Crippen molar-refractivity contribution in [3.63, 3.8) is 0 Å². The lowest BCUT2D eigenvalue weighted by molar-refractivity contribution is -0.131. The lowest BCUT2D eigenvalue weighted by Gasteiger charge is -2.35. The molecule has 3 aromatic rings. The number of hydrogen-bond donors (Lipinski definition) is 0. The summed E-state index contributed by atoms with van der Waals surface area (Å²) in [6, 6.07) is 17.8. The molecule has 1 amide bonds. The van der Waals surface area contributed by atoms with E-state index in [9.17, 15) is 4.79 Å². The highest BCUT2D eigenvalue weighted by molar-refractivity contribution is 5.77. The third-order valence-corrected chi connectivity index (χ3v) is 5.86. The van der Waals surface area contributed by atoms with Crippen molar-refractivity contribution in [3.05, 3.63) is 66.5 Å². The number of aromatic nitrogens is 2. The normalized spacial score (nSPS) is 13.6. The number of carbonyl (C=O) groups excluding carboxylic acids is 1. The molecule has 0 radical (unpaired) electrons. The van der Waals surface area contributed by atoms with Crippen molar-refractivity contribution < 1.29 is 14.3 Å². The van der Waals surface area contributed by atoms with Crippen molar-refractivity contribution in [3.8, 4) is 22.8 Å². The summed E-state index contributed by atoms with van der Waals surface area (Å²) in [5, 5.41) is 0. The Hall–Kier alpha value is -3.61. The highest BCUT2D eigenvalue weighted by atomic mass is 16.5. The van der Waals surface area contributed by atoms with Crippen LogP contribution in [0.1, 0.15) is 18.9 Å². The van der Waals surface area contributed by atoms with Gasteiger partial charge in [-0.1, -0.05) is 12.1 Å². The van der Waals surface area contributed by atoms with Crippen LogP contribution in [0.15, 0.2) is 60.9 Å². The summed E-state index contributed by atoms with van der Waals surface area (Å²) in [6.45, 7) is 5.53. The zero-order valence-electron chi connectivity index (χ0n) is 19.2. The average molecular weight is 447 g/mol. The molecule has 1 fully saturated rings. The molecule has 7 heteroatoms. The van der Waals surface area contributed by atoms with Crippen LogP contribution in [0, 0.1) is 0 Å². The van der Waals surface area contributed by atoms with Crippen LogP contribution in [0.2, 0.25) is 0 Å². The quantitative estimate of drug-likeness (QED) is 0.524. The highest BCUT2D eigenvalue weighted by Crippen LogP contribution is 2.24. The van der Waals surface area contributed by atoms with Crippen LogP contribution in [0.4, 0.5) is 5.82 Å². The van der Waals surface area contributed by atoms with E-state index in [1.807, 2.05) is 66.4 Å². The second kappa shape index (κ2) is 10.8. The molecular weight excluding hydrogens is 416 g/mol. The van der Waals surface area contributed by atoms with Gasteiger partial charge in [0.2, 0.25) is 5.91 Å². The maximum atomic E-state index is 12.7. The Morgan fingerprint density at radius 2 is 1.64 bits per heavy atom. The minimum absolute atomic E-state index is 0.197. The van der Waals surface area contributed by atoms with E-state index in [0.29, 0.717) is 26.1 Å². The topological polar surface area (TPSA) is 67.8 Å². The molecule has 1 aromatic heterocycles.